The van der Waals surface area contributed by atoms with Crippen LogP contribution in [-0.4, -0.2) is 9.91 Å². The Morgan fingerprint density at radius 3 is 2.89 bits per heavy atom. The first-order valence-electron chi connectivity index (χ1n) is 4.86. The predicted octanol–water partition coefficient (Wildman–Crippen LogP) is 3.22. The second-order valence-electron chi connectivity index (χ2n) is 3.21. The monoisotopic (exact) mass is 266 g/mol. The minimum Gasteiger partial charge on any atom is -0.419 e. The van der Waals surface area contributed by atoms with E-state index in [4.69, 9.17) is 4.18 Å². The van der Waals surface area contributed by atoms with E-state index in [1.807, 2.05) is 0 Å². The minimum absolute atomic E-state index is 0.117. The van der Waals surface area contributed by atoms with Gasteiger partial charge in [0.25, 0.3) is 0 Å². The largest absolute Gasteiger partial charge is 0.419 e. The normalized spacial score (nSPS) is 10.1. The van der Waals surface area contributed by atoms with E-state index in [0.717, 1.165) is 12.0 Å². The van der Waals surface area contributed by atoms with Crippen molar-refractivity contribution >= 4 is 17.7 Å². The summed E-state index contributed by atoms with van der Waals surface area (Å²) in [6, 6.07) is 8.28. The number of nitro groups is 1. The van der Waals surface area contributed by atoms with E-state index < -0.39 is 10.7 Å². The van der Waals surface area contributed by atoms with Crippen LogP contribution in [0.3, 0.4) is 0 Å². The van der Waals surface area contributed by atoms with Crippen LogP contribution in [-0.2, 0) is 0 Å². The molecule has 0 aliphatic carbocycles. The van der Waals surface area contributed by atoms with Crippen molar-refractivity contribution in [3.05, 3.63) is 58.5 Å². The van der Waals surface area contributed by atoms with Crippen LogP contribution in [0.1, 0.15) is 0 Å². The zero-order chi connectivity index (χ0) is 13.0. The smallest absolute Gasteiger partial charge is 0.304 e. The number of hydrogen-bond acceptors (Lipinski definition) is 5. The summed E-state index contributed by atoms with van der Waals surface area (Å²) in [6.45, 7) is 0. The van der Waals surface area contributed by atoms with Gasteiger partial charge in [0.05, 0.1) is 4.92 Å². The summed E-state index contributed by atoms with van der Waals surface area (Å²) >= 11 is 0.718. The molecule has 92 valence electrons. The minimum atomic E-state index is -0.551. The number of nitrogens with zero attached hydrogens (tertiary/aromatic N) is 2. The molecule has 0 aliphatic rings. The van der Waals surface area contributed by atoms with Crippen molar-refractivity contribution in [2.24, 2.45) is 0 Å². The Hall–Kier alpha value is -2.15. The average Bonchev–Trinajstić information content (AvgIpc) is 2.37. The summed E-state index contributed by atoms with van der Waals surface area (Å²) in [5.74, 6) is -0.177. The number of halogens is 1. The third kappa shape index (κ3) is 2.95. The van der Waals surface area contributed by atoms with E-state index in [1.54, 1.807) is 6.07 Å². The van der Waals surface area contributed by atoms with Gasteiger partial charge in [0.15, 0.2) is 0 Å². The Bertz CT molecular complexity index is 580. The van der Waals surface area contributed by atoms with Crippen molar-refractivity contribution in [2.45, 2.75) is 5.03 Å². The molecule has 1 aromatic heterocycles. The predicted molar refractivity (Wildman–Crippen MR) is 63.8 cm³/mol. The fraction of sp³-hybridized carbons (Fsp3) is 0. The van der Waals surface area contributed by atoms with E-state index in [9.17, 15) is 14.5 Å². The SMILES string of the molecule is O=[N+]([O-])c1cccnc1SOc1cccc(F)c1. The highest BCUT2D eigenvalue weighted by atomic mass is 32.2. The summed E-state index contributed by atoms with van der Waals surface area (Å²) in [5.41, 5.74) is -0.154. The average molecular weight is 266 g/mol. The quantitative estimate of drug-likeness (QED) is 0.483. The standard InChI is InChI=1S/C11H7FN2O3S/c12-8-3-1-4-9(7-8)17-18-11-10(14(15)16)5-2-6-13-11/h1-7H. The molecule has 0 aliphatic heterocycles. The Kier molecular flexibility index (Phi) is 3.73. The zero-order valence-corrected chi connectivity index (χ0v) is 9.76. The molecular formula is C11H7FN2O3S. The molecule has 0 radical (unpaired) electrons. The van der Waals surface area contributed by atoms with Gasteiger partial charge in [-0.25, -0.2) is 9.37 Å². The van der Waals surface area contributed by atoms with Crippen LogP contribution in [0.15, 0.2) is 47.6 Å². The molecule has 1 heterocycles. The molecule has 2 rings (SSSR count). The first-order valence-corrected chi connectivity index (χ1v) is 5.60. The van der Waals surface area contributed by atoms with Gasteiger partial charge in [-0.1, -0.05) is 6.07 Å². The molecule has 0 saturated heterocycles. The number of aromatic nitrogens is 1. The second-order valence-corrected chi connectivity index (χ2v) is 3.93. The highest BCUT2D eigenvalue weighted by molar-refractivity contribution is 7.95. The molecule has 2 aromatic rings. The van der Waals surface area contributed by atoms with Gasteiger partial charge in [0.1, 0.15) is 23.6 Å². The zero-order valence-electron chi connectivity index (χ0n) is 8.95. The number of hydrogen-bond donors (Lipinski definition) is 0. The lowest BCUT2D eigenvalue weighted by Gasteiger charge is -2.03. The molecule has 7 heteroatoms. The van der Waals surface area contributed by atoms with E-state index in [2.05, 4.69) is 4.98 Å². The molecule has 0 fully saturated rings. The fourth-order valence-corrected chi connectivity index (χ4v) is 1.80. The maximum Gasteiger partial charge on any atom is 0.304 e. The van der Waals surface area contributed by atoms with Crippen LogP contribution in [0.5, 0.6) is 5.75 Å². The van der Waals surface area contributed by atoms with E-state index in [0.29, 0.717) is 0 Å². The third-order valence-electron chi connectivity index (χ3n) is 1.96. The molecular weight excluding hydrogens is 259 g/mol. The van der Waals surface area contributed by atoms with Gasteiger partial charge in [-0.3, -0.25) is 10.1 Å². The van der Waals surface area contributed by atoms with Gasteiger partial charge in [-0.15, -0.1) is 0 Å². The van der Waals surface area contributed by atoms with Crippen LogP contribution < -0.4 is 4.18 Å². The molecule has 1 aromatic carbocycles. The Balaban J connectivity index is 2.13. The van der Waals surface area contributed by atoms with E-state index in [1.165, 1.54) is 36.5 Å². The summed E-state index contributed by atoms with van der Waals surface area (Å²) in [4.78, 5) is 14.0. The maximum atomic E-state index is 12.9. The van der Waals surface area contributed by atoms with Gasteiger partial charge in [0, 0.05) is 18.3 Å². The summed E-state index contributed by atoms with van der Waals surface area (Å²) in [7, 11) is 0. The van der Waals surface area contributed by atoms with Gasteiger partial charge >= 0.3 is 5.69 Å². The number of pyridine rings is 1. The number of benzene rings is 1. The molecule has 0 unspecified atom stereocenters. The molecule has 5 nitrogen and oxygen atoms in total. The van der Waals surface area contributed by atoms with Crippen molar-refractivity contribution in [1.82, 2.24) is 4.98 Å². The Labute approximate surface area is 106 Å². The van der Waals surface area contributed by atoms with Gasteiger partial charge < -0.3 is 4.18 Å². The molecule has 0 spiro atoms. The van der Waals surface area contributed by atoms with Gasteiger partial charge in [-0.05, 0) is 18.2 Å². The second kappa shape index (κ2) is 5.46. The van der Waals surface area contributed by atoms with Crippen molar-refractivity contribution in [2.75, 3.05) is 0 Å². The van der Waals surface area contributed by atoms with Crippen molar-refractivity contribution < 1.29 is 13.5 Å². The first kappa shape index (κ1) is 12.3. The van der Waals surface area contributed by atoms with Crippen molar-refractivity contribution in [1.29, 1.82) is 0 Å². The highest BCUT2D eigenvalue weighted by Crippen LogP contribution is 2.28. The molecule has 18 heavy (non-hydrogen) atoms. The Morgan fingerprint density at radius 2 is 2.17 bits per heavy atom. The summed E-state index contributed by atoms with van der Waals surface area (Å²) < 4.78 is 18.1. The van der Waals surface area contributed by atoms with Crippen LogP contribution in [0.2, 0.25) is 0 Å². The summed E-state index contributed by atoms with van der Waals surface area (Å²) in [5, 5.41) is 10.8. The first-order chi connectivity index (χ1) is 8.66. The van der Waals surface area contributed by atoms with Crippen molar-refractivity contribution in [3.8, 4) is 5.75 Å². The molecule has 0 amide bonds. The Morgan fingerprint density at radius 1 is 1.33 bits per heavy atom. The highest BCUT2D eigenvalue weighted by Gasteiger charge is 2.16. The fourth-order valence-electron chi connectivity index (χ4n) is 1.19. The van der Waals surface area contributed by atoms with Crippen LogP contribution in [0.25, 0.3) is 0 Å². The van der Waals surface area contributed by atoms with Gasteiger partial charge in [0.2, 0.25) is 5.03 Å². The lowest BCUT2D eigenvalue weighted by atomic mass is 10.3. The molecule has 0 N–H and O–H groups in total. The van der Waals surface area contributed by atoms with E-state index >= 15 is 0 Å². The maximum absolute atomic E-state index is 12.9. The van der Waals surface area contributed by atoms with Crippen LogP contribution in [0, 0.1) is 15.9 Å². The summed E-state index contributed by atoms with van der Waals surface area (Å²) in [6.07, 6.45) is 1.42. The van der Waals surface area contributed by atoms with E-state index in [-0.39, 0.29) is 16.5 Å². The molecule has 0 atom stereocenters. The van der Waals surface area contributed by atoms with Crippen molar-refractivity contribution in [3.63, 3.8) is 0 Å². The third-order valence-corrected chi connectivity index (χ3v) is 2.71. The topological polar surface area (TPSA) is 65.3 Å². The lowest BCUT2D eigenvalue weighted by Crippen LogP contribution is -1.94. The number of rotatable bonds is 4. The van der Waals surface area contributed by atoms with Gasteiger partial charge in [-0.2, -0.15) is 0 Å². The van der Waals surface area contributed by atoms with Crippen LogP contribution >= 0.6 is 12.0 Å². The lowest BCUT2D eigenvalue weighted by molar-refractivity contribution is -0.388. The molecule has 0 bridgehead atoms. The molecule has 0 saturated carbocycles. The van der Waals surface area contributed by atoms with Crippen LogP contribution in [0.4, 0.5) is 10.1 Å².